The molecule has 3 rings (SSSR count). The summed E-state index contributed by atoms with van der Waals surface area (Å²) >= 11 is 9.29. The van der Waals surface area contributed by atoms with Gasteiger partial charge >= 0.3 is 5.97 Å². The Kier molecular flexibility index (Phi) is 4.66. The summed E-state index contributed by atoms with van der Waals surface area (Å²) in [6.07, 6.45) is 2.19. The van der Waals surface area contributed by atoms with E-state index in [1.165, 1.54) is 11.8 Å². The lowest BCUT2D eigenvalue weighted by molar-refractivity contribution is -0.133. The van der Waals surface area contributed by atoms with Crippen LogP contribution < -0.4 is 0 Å². The predicted molar refractivity (Wildman–Crippen MR) is 88.7 cm³/mol. The van der Waals surface area contributed by atoms with Crippen molar-refractivity contribution in [2.45, 2.75) is 24.0 Å². The number of benzene rings is 1. The van der Waals surface area contributed by atoms with Gasteiger partial charge in [-0.3, -0.25) is 4.79 Å². The summed E-state index contributed by atoms with van der Waals surface area (Å²) in [4.78, 5) is 15.4. The van der Waals surface area contributed by atoms with E-state index in [0.29, 0.717) is 11.1 Å². The SMILES string of the molecule is O=C(O)CSc1nc2cc(Cl)ccc2n1C1CCSCC1. The Balaban J connectivity index is 2.03. The van der Waals surface area contributed by atoms with Gasteiger partial charge in [0.25, 0.3) is 0 Å². The number of rotatable bonds is 4. The highest BCUT2D eigenvalue weighted by Gasteiger charge is 2.22. The number of nitrogens with zero attached hydrogens (tertiary/aromatic N) is 2. The molecule has 1 N–H and O–H groups in total. The number of thioether (sulfide) groups is 2. The Morgan fingerprint density at radius 3 is 2.95 bits per heavy atom. The van der Waals surface area contributed by atoms with Crippen molar-refractivity contribution in [2.75, 3.05) is 17.3 Å². The van der Waals surface area contributed by atoms with E-state index in [0.717, 1.165) is 40.5 Å². The largest absolute Gasteiger partial charge is 0.481 e. The van der Waals surface area contributed by atoms with Crippen molar-refractivity contribution in [3.8, 4) is 0 Å². The molecule has 1 aliphatic heterocycles. The molecule has 1 fully saturated rings. The standard InChI is InChI=1S/C14H15ClN2O2S2/c15-9-1-2-12-11(7-9)16-14(21-8-13(18)19)17(12)10-3-5-20-6-4-10/h1-2,7,10H,3-6,8H2,(H,18,19). The number of imidazole rings is 1. The zero-order valence-corrected chi connectivity index (χ0v) is 13.7. The second-order valence-electron chi connectivity index (χ2n) is 4.92. The molecule has 4 nitrogen and oxygen atoms in total. The van der Waals surface area contributed by atoms with E-state index in [9.17, 15) is 4.79 Å². The third-order valence-corrected chi connectivity index (χ3v) is 5.72. The van der Waals surface area contributed by atoms with Crippen LogP contribution in [0.4, 0.5) is 0 Å². The minimum Gasteiger partial charge on any atom is -0.481 e. The molecule has 1 aromatic carbocycles. The van der Waals surface area contributed by atoms with Crippen LogP contribution in [0.2, 0.25) is 5.02 Å². The van der Waals surface area contributed by atoms with Crippen molar-refractivity contribution in [1.29, 1.82) is 0 Å². The predicted octanol–water partition coefficient (Wildman–Crippen LogP) is 3.93. The van der Waals surface area contributed by atoms with Crippen LogP contribution in [0.3, 0.4) is 0 Å². The smallest absolute Gasteiger partial charge is 0.313 e. The maximum absolute atomic E-state index is 10.8. The van der Waals surface area contributed by atoms with Gasteiger partial charge in [-0.25, -0.2) is 4.98 Å². The number of carbonyl (C=O) groups is 1. The van der Waals surface area contributed by atoms with Gasteiger partial charge in [-0.2, -0.15) is 11.8 Å². The first-order chi connectivity index (χ1) is 10.1. The van der Waals surface area contributed by atoms with Gasteiger partial charge < -0.3 is 9.67 Å². The third-order valence-electron chi connectivity index (χ3n) is 3.50. The summed E-state index contributed by atoms with van der Waals surface area (Å²) in [7, 11) is 0. The summed E-state index contributed by atoms with van der Waals surface area (Å²) in [5.74, 6) is 1.48. The topological polar surface area (TPSA) is 55.1 Å². The van der Waals surface area contributed by atoms with Gasteiger partial charge in [0.2, 0.25) is 0 Å². The fourth-order valence-electron chi connectivity index (χ4n) is 2.57. The normalized spacial score (nSPS) is 16.4. The van der Waals surface area contributed by atoms with Crippen LogP contribution in [0.5, 0.6) is 0 Å². The van der Waals surface area contributed by atoms with Crippen molar-refractivity contribution in [3.63, 3.8) is 0 Å². The first-order valence-electron chi connectivity index (χ1n) is 6.75. The summed E-state index contributed by atoms with van der Waals surface area (Å²) in [6, 6.07) is 6.09. The molecule has 0 atom stereocenters. The number of carboxylic acid groups (broad SMARTS) is 1. The molecule has 7 heteroatoms. The molecule has 1 aromatic heterocycles. The Hall–Kier alpha value is -0.850. The molecule has 2 aromatic rings. The molecule has 0 bridgehead atoms. The van der Waals surface area contributed by atoms with Crippen LogP contribution >= 0.6 is 35.1 Å². The highest BCUT2D eigenvalue weighted by molar-refractivity contribution is 7.99. The van der Waals surface area contributed by atoms with Crippen molar-refractivity contribution in [1.82, 2.24) is 9.55 Å². The number of carboxylic acids is 1. The highest BCUT2D eigenvalue weighted by Crippen LogP contribution is 2.35. The third kappa shape index (κ3) is 3.33. The van der Waals surface area contributed by atoms with E-state index >= 15 is 0 Å². The van der Waals surface area contributed by atoms with E-state index < -0.39 is 5.97 Å². The molecule has 0 saturated carbocycles. The lowest BCUT2D eigenvalue weighted by Gasteiger charge is -2.25. The lowest BCUT2D eigenvalue weighted by atomic mass is 10.1. The zero-order valence-electron chi connectivity index (χ0n) is 11.3. The van der Waals surface area contributed by atoms with Crippen molar-refractivity contribution in [2.24, 2.45) is 0 Å². The molecule has 0 aliphatic carbocycles. The molecule has 2 heterocycles. The van der Waals surface area contributed by atoms with Gasteiger partial charge in [0.05, 0.1) is 16.8 Å². The molecule has 21 heavy (non-hydrogen) atoms. The van der Waals surface area contributed by atoms with Crippen molar-refractivity contribution >= 4 is 52.1 Å². The monoisotopic (exact) mass is 342 g/mol. The summed E-state index contributed by atoms with van der Waals surface area (Å²) < 4.78 is 2.21. The van der Waals surface area contributed by atoms with E-state index in [1.54, 1.807) is 0 Å². The molecule has 0 amide bonds. The Morgan fingerprint density at radius 2 is 2.24 bits per heavy atom. The second-order valence-corrected chi connectivity index (χ2v) is 7.53. The first-order valence-corrected chi connectivity index (χ1v) is 9.27. The van der Waals surface area contributed by atoms with Crippen molar-refractivity contribution < 1.29 is 9.90 Å². The van der Waals surface area contributed by atoms with Crippen molar-refractivity contribution in [3.05, 3.63) is 23.2 Å². The lowest BCUT2D eigenvalue weighted by Crippen LogP contribution is -2.16. The molecule has 0 radical (unpaired) electrons. The van der Waals surface area contributed by atoms with E-state index in [-0.39, 0.29) is 5.75 Å². The van der Waals surface area contributed by atoms with Crippen LogP contribution in [0, 0.1) is 0 Å². The van der Waals surface area contributed by atoms with Crippen LogP contribution in [0.15, 0.2) is 23.4 Å². The number of halogens is 1. The molecule has 0 spiro atoms. The van der Waals surface area contributed by atoms with Crippen LogP contribution in [-0.2, 0) is 4.79 Å². The van der Waals surface area contributed by atoms with Crippen LogP contribution in [0.25, 0.3) is 11.0 Å². The van der Waals surface area contributed by atoms with Gasteiger partial charge in [0.1, 0.15) is 0 Å². The van der Waals surface area contributed by atoms with Gasteiger partial charge in [-0.15, -0.1) is 0 Å². The fraction of sp³-hybridized carbons (Fsp3) is 0.429. The quantitative estimate of drug-likeness (QED) is 0.853. The van der Waals surface area contributed by atoms with Gasteiger partial charge in [0, 0.05) is 11.1 Å². The van der Waals surface area contributed by atoms with Gasteiger partial charge in [-0.1, -0.05) is 23.4 Å². The molecule has 1 aliphatic rings. The summed E-state index contributed by atoms with van der Waals surface area (Å²) in [6.45, 7) is 0. The molecular weight excluding hydrogens is 328 g/mol. The maximum atomic E-state index is 10.8. The molecule has 112 valence electrons. The average molecular weight is 343 g/mol. The first kappa shape index (κ1) is 15.1. The number of aromatic nitrogens is 2. The molecular formula is C14H15ClN2O2S2. The maximum Gasteiger partial charge on any atom is 0.313 e. The van der Waals surface area contributed by atoms with Gasteiger partial charge in [-0.05, 0) is 42.5 Å². The zero-order chi connectivity index (χ0) is 14.8. The number of aliphatic carboxylic acids is 1. The highest BCUT2D eigenvalue weighted by atomic mass is 35.5. The Morgan fingerprint density at radius 1 is 1.48 bits per heavy atom. The average Bonchev–Trinajstić information content (AvgIpc) is 2.83. The number of hydrogen-bond acceptors (Lipinski definition) is 4. The number of hydrogen-bond donors (Lipinski definition) is 1. The minimum absolute atomic E-state index is 0.0263. The Bertz CT molecular complexity index is 668. The minimum atomic E-state index is -0.823. The number of fused-ring (bicyclic) bond motifs is 1. The van der Waals surface area contributed by atoms with E-state index in [2.05, 4.69) is 9.55 Å². The van der Waals surface area contributed by atoms with E-state index in [4.69, 9.17) is 16.7 Å². The van der Waals surface area contributed by atoms with Crippen LogP contribution in [-0.4, -0.2) is 37.9 Å². The second kappa shape index (κ2) is 6.50. The summed E-state index contributed by atoms with van der Waals surface area (Å²) in [5, 5.41) is 10.4. The Labute approximate surface area is 136 Å². The van der Waals surface area contributed by atoms with Gasteiger partial charge in [0.15, 0.2) is 5.16 Å². The fourth-order valence-corrected chi connectivity index (χ4v) is 4.62. The summed E-state index contributed by atoms with van der Waals surface area (Å²) in [5.41, 5.74) is 1.89. The molecule has 1 saturated heterocycles. The van der Waals surface area contributed by atoms with Crippen LogP contribution in [0.1, 0.15) is 18.9 Å². The molecule has 0 unspecified atom stereocenters. The van der Waals surface area contributed by atoms with E-state index in [1.807, 2.05) is 30.0 Å².